The van der Waals surface area contributed by atoms with Gasteiger partial charge in [0, 0.05) is 34.4 Å². The molecule has 6 rings (SSSR count). The largest absolute Gasteiger partial charge is 0.454 e. The molecular formula is C28H19Cl2N3O5S. The molecule has 0 radical (unpaired) electrons. The molecule has 0 unspecified atom stereocenters. The molecule has 0 atom stereocenters. The van der Waals surface area contributed by atoms with Gasteiger partial charge in [-0.2, -0.15) is 0 Å². The van der Waals surface area contributed by atoms with Crippen LogP contribution in [0.5, 0.6) is 11.5 Å². The van der Waals surface area contributed by atoms with Gasteiger partial charge in [0.15, 0.2) is 11.5 Å². The lowest BCUT2D eigenvalue weighted by Gasteiger charge is -2.12. The van der Waals surface area contributed by atoms with Gasteiger partial charge in [-0.1, -0.05) is 47.5 Å². The highest BCUT2D eigenvalue weighted by Crippen LogP contribution is 2.36. The lowest BCUT2D eigenvalue weighted by Crippen LogP contribution is -2.27. The van der Waals surface area contributed by atoms with Crippen molar-refractivity contribution >= 4 is 74.7 Å². The van der Waals surface area contributed by atoms with Gasteiger partial charge in [0.2, 0.25) is 12.7 Å². The van der Waals surface area contributed by atoms with Crippen LogP contribution in [0.1, 0.15) is 11.1 Å². The van der Waals surface area contributed by atoms with Crippen LogP contribution in [0.4, 0.5) is 10.5 Å². The number of halogens is 2. The van der Waals surface area contributed by atoms with Crippen molar-refractivity contribution in [3.63, 3.8) is 0 Å². The molecule has 4 aromatic rings. The summed E-state index contributed by atoms with van der Waals surface area (Å²) in [6.45, 7) is 0.280. The first-order valence-corrected chi connectivity index (χ1v) is 13.4. The molecule has 0 aliphatic carbocycles. The van der Waals surface area contributed by atoms with E-state index in [9.17, 15) is 14.4 Å². The Kier molecular flexibility index (Phi) is 6.72. The topological polar surface area (TPSA) is 89.9 Å². The zero-order valence-corrected chi connectivity index (χ0v) is 22.5. The van der Waals surface area contributed by atoms with E-state index < -0.39 is 5.91 Å². The second-order valence-corrected chi connectivity index (χ2v) is 10.7. The van der Waals surface area contributed by atoms with Crippen LogP contribution >= 0.6 is 35.0 Å². The molecule has 1 aromatic heterocycles. The van der Waals surface area contributed by atoms with E-state index >= 15 is 0 Å². The van der Waals surface area contributed by atoms with Gasteiger partial charge >= 0.3 is 0 Å². The fourth-order valence-corrected chi connectivity index (χ4v) is 5.60. The summed E-state index contributed by atoms with van der Waals surface area (Å²) in [5, 5.41) is 4.11. The molecule has 3 heterocycles. The maximum Gasteiger partial charge on any atom is 0.293 e. The van der Waals surface area contributed by atoms with Crippen LogP contribution in [0.3, 0.4) is 0 Å². The molecule has 0 saturated carbocycles. The van der Waals surface area contributed by atoms with Gasteiger partial charge in [0.25, 0.3) is 11.1 Å². The van der Waals surface area contributed by atoms with Crippen molar-refractivity contribution in [1.82, 2.24) is 9.47 Å². The van der Waals surface area contributed by atoms with Gasteiger partial charge in [-0.3, -0.25) is 19.3 Å². The van der Waals surface area contributed by atoms with Crippen molar-refractivity contribution in [2.24, 2.45) is 0 Å². The number of carbonyl (C=O) groups is 3. The summed E-state index contributed by atoms with van der Waals surface area (Å²) in [6, 6.07) is 17.8. The van der Waals surface area contributed by atoms with Crippen LogP contribution in [0.15, 0.2) is 71.8 Å². The number of amides is 3. The standard InChI is InChI=1S/C28H19Cl2N3O5S/c29-20-7-5-16(9-21(20)30)12-33-27(35)25(39-28(33)36)10-17-13-32(22-4-2-1-3-19(17)22)14-26(34)31-18-6-8-23-24(11-18)38-15-37-23/h1-11,13H,12,14-15H2,(H,31,34)/b25-10+. The summed E-state index contributed by atoms with van der Waals surface area (Å²) in [6.07, 6.45) is 3.49. The first-order valence-electron chi connectivity index (χ1n) is 11.8. The van der Waals surface area contributed by atoms with E-state index in [0.29, 0.717) is 37.7 Å². The van der Waals surface area contributed by atoms with Crippen LogP contribution in [-0.4, -0.2) is 33.3 Å². The summed E-state index contributed by atoms with van der Waals surface area (Å²) in [5.74, 6) is 0.585. The minimum absolute atomic E-state index is 0.0433. The number of para-hydroxylation sites is 1. The minimum atomic E-state index is -0.395. The molecule has 196 valence electrons. The SMILES string of the molecule is O=C(Cn1cc(/C=C2/SC(=O)N(Cc3ccc(Cl)c(Cl)c3)C2=O)c2ccccc21)Nc1ccc2c(c1)OCO2. The normalized spacial score (nSPS) is 15.5. The predicted molar refractivity (Wildman–Crippen MR) is 151 cm³/mol. The van der Waals surface area contributed by atoms with E-state index in [4.69, 9.17) is 32.7 Å². The lowest BCUT2D eigenvalue weighted by atomic mass is 10.1. The van der Waals surface area contributed by atoms with E-state index in [1.807, 2.05) is 28.8 Å². The zero-order valence-electron chi connectivity index (χ0n) is 20.1. The van der Waals surface area contributed by atoms with Crippen LogP contribution in [0, 0.1) is 0 Å². The van der Waals surface area contributed by atoms with E-state index in [0.717, 1.165) is 28.2 Å². The highest BCUT2D eigenvalue weighted by Gasteiger charge is 2.35. The van der Waals surface area contributed by atoms with Crippen LogP contribution < -0.4 is 14.8 Å². The van der Waals surface area contributed by atoms with E-state index in [2.05, 4.69) is 5.32 Å². The van der Waals surface area contributed by atoms with Crippen LogP contribution in [0.2, 0.25) is 10.0 Å². The number of hydrogen-bond acceptors (Lipinski definition) is 6. The molecule has 11 heteroatoms. The van der Waals surface area contributed by atoms with Crippen molar-refractivity contribution in [3.8, 4) is 11.5 Å². The number of nitrogens with one attached hydrogen (secondary N) is 1. The fraction of sp³-hybridized carbons (Fsp3) is 0.107. The van der Waals surface area contributed by atoms with E-state index in [-0.39, 0.29) is 31.0 Å². The number of rotatable bonds is 6. The maximum absolute atomic E-state index is 13.1. The van der Waals surface area contributed by atoms with Crippen molar-refractivity contribution in [3.05, 3.63) is 92.9 Å². The summed E-state index contributed by atoms with van der Waals surface area (Å²) in [5.41, 5.74) is 2.83. The first kappa shape index (κ1) is 25.4. The number of thioether (sulfide) groups is 1. The number of ether oxygens (including phenoxy) is 2. The average Bonchev–Trinajstić information content (AvgIpc) is 3.59. The Morgan fingerprint density at radius 3 is 2.67 bits per heavy atom. The monoisotopic (exact) mass is 579 g/mol. The number of fused-ring (bicyclic) bond motifs is 2. The van der Waals surface area contributed by atoms with Crippen molar-refractivity contribution in [2.75, 3.05) is 12.1 Å². The molecule has 2 aliphatic rings. The summed E-state index contributed by atoms with van der Waals surface area (Å²) >= 11 is 12.9. The molecule has 0 bridgehead atoms. The first-order chi connectivity index (χ1) is 18.9. The highest BCUT2D eigenvalue weighted by molar-refractivity contribution is 8.18. The molecule has 3 amide bonds. The molecule has 1 fully saturated rings. The molecule has 0 spiro atoms. The quantitative estimate of drug-likeness (QED) is 0.260. The maximum atomic E-state index is 13.1. The third-order valence-corrected chi connectivity index (χ3v) is 7.92. The molecule has 1 saturated heterocycles. The Labute approximate surface area is 237 Å². The molecule has 1 N–H and O–H groups in total. The Hall–Kier alpha value is -3.92. The number of benzene rings is 3. The minimum Gasteiger partial charge on any atom is -0.454 e. The summed E-state index contributed by atoms with van der Waals surface area (Å²) in [4.78, 5) is 40.2. The van der Waals surface area contributed by atoms with Crippen molar-refractivity contribution < 1.29 is 23.9 Å². The second-order valence-electron chi connectivity index (χ2n) is 8.86. The molecule has 39 heavy (non-hydrogen) atoms. The lowest BCUT2D eigenvalue weighted by molar-refractivity contribution is -0.123. The van der Waals surface area contributed by atoms with Crippen LogP contribution in [-0.2, 0) is 22.7 Å². The smallest absolute Gasteiger partial charge is 0.293 e. The molecular weight excluding hydrogens is 561 g/mol. The molecule has 8 nitrogen and oxygen atoms in total. The fourth-order valence-electron chi connectivity index (χ4n) is 4.45. The Balaban J connectivity index is 1.23. The Bertz CT molecular complexity index is 1700. The van der Waals surface area contributed by atoms with Gasteiger partial charge in [0.1, 0.15) is 6.54 Å². The van der Waals surface area contributed by atoms with Gasteiger partial charge in [-0.15, -0.1) is 0 Å². The van der Waals surface area contributed by atoms with Gasteiger partial charge in [0.05, 0.1) is 21.5 Å². The molecule has 2 aliphatic heterocycles. The van der Waals surface area contributed by atoms with Crippen LogP contribution in [0.25, 0.3) is 17.0 Å². The second kappa shape index (κ2) is 10.3. The number of carbonyl (C=O) groups excluding carboxylic acids is 3. The third kappa shape index (κ3) is 5.08. The molecule has 3 aromatic carbocycles. The van der Waals surface area contributed by atoms with Crippen molar-refractivity contribution in [2.45, 2.75) is 13.1 Å². The average molecular weight is 580 g/mol. The Morgan fingerprint density at radius 2 is 1.82 bits per heavy atom. The van der Waals surface area contributed by atoms with E-state index in [1.54, 1.807) is 48.7 Å². The number of nitrogens with zero attached hydrogens (tertiary/aromatic N) is 2. The van der Waals surface area contributed by atoms with Gasteiger partial charge in [-0.25, -0.2) is 0 Å². The van der Waals surface area contributed by atoms with E-state index in [1.165, 1.54) is 4.90 Å². The van der Waals surface area contributed by atoms with Crippen molar-refractivity contribution in [1.29, 1.82) is 0 Å². The Morgan fingerprint density at radius 1 is 1.00 bits per heavy atom. The summed E-state index contributed by atoms with van der Waals surface area (Å²) in [7, 11) is 0. The summed E-state index contributed by atoms with van der Waals surface area (Å²) < 4.78 is 12.5. The number of hydrogen-bond donors (Lipinski definition) is 1. The number of aromatic nitrogens is 1. The zero-order chi connectivity index (χ0) is 27.1. The third-order valence-electron chi connectivity index (χ3n) is 6.27. The van der Waals surface area contributed by atoms with Gasteiger partial charge < -0.3 is 19.4 Å². The number of anilines is 1. The van der Waals surface area contributed by atoms with Gasteiger partial charge in [-0.05, 0) is 53.7 Å². The predicted octanol–water partition coefficient (Wildman–Crippen LogP) is 6.55. The highest BCUT2D eigenvalue weighted by atomic mass is 35.5. The number of imide groups is 1.